The van der Waals surface area contributed by atoms with Crippen LogP contribution in [0, 0.1) is 0 Å². The summed E-state index contributed by atoms with van der Waals surface area (Å²) in [5.41, 5.74) is 3.70. The molecule has 0 aliphatic carbocycles. The highest BCUT2D eigenvalue weighted by molar-refractivity contribution is 8.00. The summed E-state index contributed by atoms with van der Waals surface area (Å²) in [4.78, 5) is 27.4. The second-order valence-electron chi connectivity index (χ2n) is 7.06. The van der Waals surface area contributed by atoms with Gasteiger partial charge >= 0.3 is 0 Å². The highest BCUT2D eigenvalue weighted by Gasteiger charge is 2.25. The summed E-state index contributed by atoms with van der Waals surface area (Å²) in [5.74, 6) is 0.0842. The van der Waals surface area contributed by atoms with Crippen molar-refractivity contribution in [3.05, 3.63) is 53.6 Å². The first-order chi connectivity index (χ1) is 14.0. The summed E-state index contributed by atoms with van der Waals surface area (Å²) in [7, 11) is 0. The van der Waals surface area contributed by atoms with Gasteiger partial charge in [0.1, 0.15) is 0 Å². The normalized spacial score (nSPS) is 14.5. The van der Waals surface area contributed by atoms with Gasteiger partial charge in [-0.1, -0.05) is 35.2 Å². The van der Waals surface area contributed by atoms with E-state index in [1.165, 1.54) is 11.8 Å². The summed E-state index contributed by atoms with van der Waals surface area (Å²) < 4.78 is 3.16. The average molecular weight is 423 g/mol. The Morgan fingerprint density at radius 1 is 1.17 bits per heavy atom. The minimum atomic E-state index is -0.301. The Balaban J connectivity index is 1.42. The summed E-state index contributed by atoms with van der Waals surface area (Å²) in [5, 5.41) is 9.00. The number of ketones is 1. The van der Waals surface area contributed by atoms with Crippen molar-refractivity contribution in [3.63, 3.8) is 0 Å². The van der Waals surface area contributed by atoms with Gasteiger partial charge in [-0.3, -0.25) is 14.0 Å². The SMILES string of the molecule is CC(=O)N1CCc2cc(C(=O)C(C)Sc3nnc4sc5ccccc5n34)ccc21. The fourth-order valence-electron chi connectivity index (χ4n) is 3.76. The number of para-hydroxylation sites is 1. The molecule has 0 spiro atoms. The molecular weight excluding hydrogens is 404 g/mol. The molecular formula is C21H18N4O2S2. The first kappa shape index (κ1) is 18.3. The lowest BCUT2D eigenvalue weighted by Crippen LogP contribution is -2.25. The molecule has 1 aliphatic heterocycles. The van der Waals surface area contributed by atoms with E-state index in [0.29, 0.717) is 12.1 Å². The minimum Gasteiger partial charge on any atom is -0.312 e. The number of aromatic nitrogens is 3. The smallest absolute Gasteiger partial charge is 0.223 e. The van der Waals surface area contributed by atoms with Gasteiger partial charge in [-0.15, -0.1) is 10.2 Å². The van der Waals surface area contributed by atoms with Crippen LogP contribution >= 0.6 is 23.1 Å². The summed E-state index contributed by atoms with van der Waals surface area (Å²) in [6.45, 7) is 4.15. The van der Waals surface area contributed by atoms with Crippen LogP contribution < -0.4 is 4.90 Å². The summed E-state index contributed by atoms with van der Waals surface area (Å²) >= 11 is 3.01. The van der Waals surface area contributed by atoms with Crippen LogP contribution in [0.25, 0.3) is 15.2 Å². The molecule has 8 heteroatoms. The van der Waals surface area contributed by atoms with E-state index in [0.717, 1.165) is 38.0 Å². The van der Waals surface area contributed by atoms with E-state index >= 15 is 0 Å². The van der Waals surface area contributed by atoms with Crippen LogP contribution in [0.15, 0.2) is 47.6 Å². The van der Waals surface area contributed by atoms with E-state index in [9.17, 15) is 9.59 Å². The standard InChI is InChI=1S/C21H18N4O2S2/c1-12(19(27)15-7-8-16-14(11-15)9-10-24(16)13(2)26)28-20-22-23-21-25(20)17-5-3-4-6-18(17)29-21/h3-8,11-12H,9-10H2,1-2H3. The molecule has 0 bridgehead atoms. The van der Waals surface area contributed by atoms with E-state index in [1.807, 2.05) is 47.7 Å². The number of thiazole rings is 1. The molecule has 0 saturated heterocycles. The van der Waals surface area contributed by atoms with Crippen LogP contribution in [-0.2, 0) is 11.2 Å². The maximum Gasteiger partial charge on any atom is 0.223 e. The molecule has 4 aromatic rings. The Morgan fingerprint density at radius 2 is 2.00 bits per heavy atom. The van der Waals surface area contributed by atoms with Gasteiger partial charge in [-0.25, -0.2) is 0 Å². The van der Waals surface area contributed by atoms with Crippen molar-refractivity contribution in [2.24, 2.45) is 0 Å². The van der Waals surface area contributed by atoms with Gasteiger partial charge in [0.25, 0.3) is 0 Å². The van der Waals surface area contributed by atoms with Crippen LogP contribution in [-0.4, -0.2) is 38.1 Å². The number of rotatable bonds is 4. The van der Waals surface area contributed by atoms with Gasteiger partial charge in [0.05, 0.1) is 15.5 Å². The molecule has 1 amide bonds. The fraction of sp³-hybridized carbons (Fsp3) is 0.238. The molecule has 3 heterocycles. The number of carbonyl (C=O) groups is 2. The van der Waals surface area contributed by atoms with Gasteiger partial charge in [-0.05, 0) is 49.2 Å². The Labute approximate surface area is 175 Å². The zero-order valence-electron chi connectivity index (χ0n) is 16.0. The Bertz CT molecular complexity index is 1280. The van der Waals surface area contributed by atoms with Crippen LogP contribution in [0.2, 0.25) is 0 Å². The Hall–Kier alpha value is -2.71. The van der Waals surface area contributed by atoms with Gasteiger partial charge < -0.3 is 4.90 Å². The van der Waals surface area contributed by atoms with E-state index in [2.05, 4.69) is 16.3 Å². The number of thioether (sulfide) groups is 1. The average Bonchev–Trinajstić information content (AvgIpc) is 3.40. The highest BCUT2D eigenvalue weighted by atomic mass is 32.2. The van der Waals surface area contributed by atoms with Gasteiger partial charge in [0, 0.05) is 24.7 Å². The van der Waals surface area contributed by atoms with E-state index < -0.39 is 0 Å². The third-order valence-corrected chi connectivity index (χ3v) is 7.26. The first-order valence-corrected chi connectivity index (χ1v) is 11.1. The van der Waals surface area contributed by atoms with Crippen molar-refractivity contribution in [3.8, 4) is 0 Å². The van der Waals surface area contributed by atoms with E-state index in [1.54, 1.807) is 23.2 Å². The maximum atomic E-state index is 13.1. The molecule has 2 aromatic heterocycles. The molecule has 0 fully saturated rings. The number of amides is 1. The maximum absolute atomic E-state index is 13.1. The molecule has 29 heavy (non-hydrogen) atoms. The predicted molar refractivity (Wildman–Crippen MR) is 116 cm³/mol. The van der Waals surface area contributed by atoms with E-state index in [-0.39, 0.29) is 16.9 Å². The number of carbonyl (C=O) groups excluding carboxylic acids is 2. The van der Waals surface area contributed by atoms with Crippen LogP contribution in [0.4, 0.5) is 5.69 Å². The number of nitrogens with zero attached hydrogens (tertiary/aromatic N) is 4. The molecule has 2 aromatic carbocycles. The molecule has 1 atom stereocenters. The highest BCUT2D eigenvalue weighted by Crippen LogP contribution is 2.33. The molecule has 0 N–H and O–H groups in total. The van der Waals surface area contributed by atoms with Crippen LogP contribution in [0.1, 0.15) is 29.8 Å². The van der Waals surface area contributed by atoms with Crippen molar-refractivity contribution in [2.75, 3.05) is 11.4 Å². The predicted octanol–water partition coefficient (Wildman–Crippen LogP) is 4.22. The quantitative estimate of drug-likeness (QED) is 0.364. The molecule has 0 radical (unpaired) electrons. The van der Waals surface area contributed by atoms with Crippen molar-refractivity contribution in [1.29, 1.82) is 0 Å². The minimum absolute atomic E-state index is 0.0329. The van der Waals surface area contributed by atoms with Crippen molar-refractivity contribution < 1.29 is 9.59 Å². The summed E-state index contributed by atoms with van der Waals surface area (Å²) in [6.07, 6.45) is 0.781. The largest absolute Gasteiger partial charge is 0.312 e. The van der Waals surface area contributed by atoms with Crippen LogP contribution in [0.5, 0.6) is 0 Å². The summed E-state index contributed by atoms with van der Waals surface area (Å²) in [6, 6.07) is 13.7. The van der Waals surface area contributed by atoms with Crippen molar-refractivity contribution in [2.45, 2.75) is 30.7 Å². The molecule has 0 saturated carbocycles. The topological polar surface area (TPSA) is 67.6 Å². The third kappa shape index (κ3) is 3.03. The molecule has 5 rings (SSSR count). The zero-order chi connectivity index (χ0) is 20.1. The zero-order valence-corrected chi connectivity index (χ0v) is 17.6. The molecule has 6 nitrogen and oxygen atoms in total. The molecule has 1 aliphatic rings. The lowest BCUT2D eigenvalue weighted by Gasteiger charge is -2.15. The fourth-order valence-corrected chi connectivity index (χ4v) is 5.72. The monoisotopic (exact) mass is 422 g/mol. The Morgan fingerprint density at radius 3 is 2.83 bits per heavy atom. The number of Topliss-reactive ketones (excluding diaryl/α,β-unsaturated/α-hetero) is 1. The number of hydrogen-bond acceptors (Lipinski definition) is 6. The number of hydrogen-bond donors (Lipinski definition) is 0. The molecule has 146 valence electrons. The second-order valence-corrected chi connectivity index (χ2v) is 9.38. The second kappa shape index (κ2) is 6.96. The number of anilines is 1. The van der Waals surface area contributed by atoms with E-state index in [4.69, 9.17) is 0 Å². The van der Waals surface area contributed by atoms with Crippen molar-refractivity contribution >= 4 is 55.7 Å². The Kier molecular flexibility index (Phi) is 4.40. The third-order valence-electron chi connectivity index (χ3n) is 5.20. The van der Waals surface area contributed by atoms with Gasteiger partial charge in [0.15, 0.2) is 10.9 Å². The lowest BCUT2D eigenvalue weighted by molar-refractivity contribution is -0.116. The van der Waals surface area contributed by atoms with Gasteiger partial charge in [-0.2, -0.15) is 0 Å². The number of benzene rings is 2. The number of fused-ring (bicyclic) bond motifs is 4. The van der Waals surface area contributed by atoms with Crippen LogP contribution in [0.3, 0.4) is 0 Å². The van der Waals surface area contributed by atoms with Crippen molar-refractivity contribution in [1.82, 2.24) is 14.6 Å². The lowest BCUT2D eigenvalue weighted by atomic mass is 10.0. The van der Waals surface area contributed by atoms with Gasteiger partial charge in [0.2, 0.25) is 10.9 Å². The first-order valence-electron chi connectivity index (χ1n) is 9.37. The molecule has 1 unspecified atom stereocenters.